The monoisotopic (exact) mass is 313 g/mol. The molecule has 5 heteroatoms. The number of aryl methyl sites for hydroxylation is 1. The second kappa shape index (κ2) is 6.54. The average Bonchev–Trinajstić information content (AvgIpc) is 2.30. The summed E-state index contributed by atoms with van der Waals surface area (Å²) in [5, 5.41) is 11.5. The summed E-state index contributed by atoms with van der Waals surface area (Å²) < 4.78 is 0.933. The van der Waals surface area contributed by atoms with Crippen LogP contribution in [0.25, 0.3) is 0 Å². The molecule has 0 radical (unpaired) electrons. The first kappa shape index (κ1) is 14.7. The van der Waals surface area contributed by atoms with Gasteiger partial charge in [0.2, 0.25) is 5.91 Å². The zero-order chi connectivity index (χ0) is 13.7. The maximum atomic E-state index is 11.7. The summed E-state index contributed by atoms with van der Waals surface area (Å²) in [5.74, 6) is -2.50. The zero-order valence-corrected chi connectivity index (χ0v) is 12.0. The number of aliphatic carboxylic acids is 1. The molecule has 2 N–H and O–H groups in total. The van der Waals surface area contributed by atoms with Crippen molar-refractivity contribution < 1.29 is 14.7 Å². The highest BCUT2D eigenvalue weighted by molar-refractivity contribution is 9.10. The number of hydrogen-bond donors (Lipinski definition) is 2. The topological polar surface area (TPSA) is 66.4 Å². The second-order valence-electron chi connectivity index (χ2n) is 4.09. The van der Waals surface area contributed by atoms with E-state index in [0.717, 1.165) is 15.6 Å². The fraction of sp³-hybridized carbons (Fsp3) is 0.385. The van der Waals surface area contributed by atoms with E-state index in [1.165, 1.54) is 0 Å². The van der Waals surface area contributed by atoms with Gasteiger partial charge in [-0.15, -0.1) is 0 Å². The second-order valence-corrected chi connectivity index (χ2v) is 5.00. The highest BCUT2D eigenvalue weighted by Crippen LogP contribution is 2.16. The zero-order valence-electron chi connectivity index (χ0n) is 10.4. The SMILES string of the molecule is CCC(C(=O)O)C(=O)NCc1cc(Br)ccc1C. The molecule has 0 aliphatic rings. The molecule has 98 valence electrons. The fourth-order valence-corrected chi connectivity index (χ4v) is 2.02. The van der Waals surface area contributed by atoms with E-state index < -0.39 is 17.8 Å². The summed E-state index contributed by atoms with van der Waals surface area (Å²) in [7, 11) is 0. The third-order valence-corrected chi connectivity index (χ3v) is 3.28. The molecule has 1 atom stereocenters. The van der Waals surface area contributed by atoms with E-state index in [-0.39, 0.29) is 0 Å². The van der Waals surface area contributed by atoms with Crippen LogP contribution in [0.5, 0.6) is 0 Å². The average molecular weight is 314 g/mol. The van der Waals surface area contributed by atoms with Crippen molar-refractivity contribution in [3.8, 4) is 0 Å². The molecule has 0 bridgehead atoms. The van der Waals surface area contributed by atoms with Crippen molar-refractivity contribution in [1.29, 1.82) is 0 Å². The molecular weight excluding hydrogens is 298 g/mol. The molecule has 4 nitrogen and oxygen atoms in total. The highest BCUT2D eigenvalue weighted by Gasteiger charge is 2.23. The lowest BCUT2D eigenvalue weighted by Crippen LogP contribution is -2.34. The van der Waals surface area contributed by atoms with Gasteiger partial charge >= 0.3 is 5.97 Å². The van der Waals surface area contributed by atoms with Crippen LogP contribution in [0.15, 0.2) is 22.7 Å². The third-order valence-electron chi connectivity index (χ3n) is 2.79. The van der Waals surface area contributed by atoms with Gasteiger partial charge in [-0.05, 0) is 36.6 Å². The first-order chi connectivity index (χ1) is 8.45. The summed E-state index contributed by atoms with van der Waals surface area (Å²) in [4.78, 5) is 22.5. The van der Waals surface area contributed by atoms with E-state index in [9.17, 15) is 9.59 Å². The van der Waals surface area contributed by atoms with Crippen LogP contribution in [0.3, 0.4) is 0 Å². The van der Waals surface area contributed by atoms with Crippen LogP contribution in [0.2, 0.25) is 0 Å². The van der Waals surface area contributed by atoms with Gasteiger partial charge in [-0.1, -0.05) is 28.9 Å². The lowest BCUT2D eigenvalue weighted by atomic mass is 10.1. The minimum Gasteiger partial charge on any atom is -0.481 e. The van der Waals surface area contributed by atoms with Crippen molar-refractivity contribution in [1.82, 2.24) is 5.32 Å². The van der Waals surface area contributed by atoms with Crippen molar-refractivity contribution in [3.63, 3.8) is 0 Å². The first-order valence-electron chi connectivity index (χ1n) is 5.71. The quantitative estimate of drug-likeness (QED) is 0.821. The highest BCUT2D eigenvalue weighted by atomic mass is 79.9. The molecule has 1 aromatic carbocycles. The molecule has 0 saturated heterocycles. The van der Waals surface area contributed by atoms with Gasteiger partial charge in [-0.25, -0.2) is 0 Å². The van der Waals surface area contributed by atoms with Crippen LogP contribution in [-0.2, 0) is 16.1 Å². The van der Waals surface area contributed by atoms with E-state index in [1.807, 2.05) is 25.1 Å². The Bertz CT molecular complexity index is 460. The molecule has 0 aromatic heterocycles. The maximum absolute atomic E-state index is 11.7. The summed E-state index contributed by atoms with van der Waals surface area (Å²) in [6, 6.07) is 5.78. The molecule has 1 amide bonds. The van der Waals surface area contributed by atoms with Gasteiger partial charge in [-0.2, -0.15) is 0 Å². The predicted octanol–water partition coefficient (Wildman–Crippen LogP) is 2.48. The van der Waals surface area contributed by atoms with Crippen molar-refractivity contribution in [2.24, 2.45) is 5.92 Å². The molecular formula is C13H16BrNO3. The Morgan fingerprint density at radius 3 is 2.67 bits per heavy atom. The van der Waals surface area contributed by atoms with Gasteiger partial charge in [-0.3, -0.25) is 9.59 Å². The summed E-state index contributed by atoms with van der Waals surface area (Å²) in [6.07, 6.45) is 0.290. The molecule has 1 unspecified atom stereocenters. The van der Waals surface area contributed by atoms with E-state index in [2.05, 4.69) is 21.2 Å². The minimum absolute atomic E-state index is 0.290. The van der Waals surface area contributed by atoms with Crippen LogP contribution in [-0.4, -0.2) is 17.0 Å². The Labute approximate surface area is 115 Å². The summed E-state index contributed by atoms with van der Waals surface area (Å²) in [5.41, 5.74) is 2.03. The van der Waals surface area contributed by atoms with Gasteiger partial charge in [0.05, 0.1) is 0 Å². The third kappa shape index (κ3) is 3.84. The molecule has 0 aliphatic carbocycles. The standard InChI is InChI=1S/C13H16BrNO3/c1-3-11(13(17)18)12(16)15-7-9-6-10(14)5-4-8(9)2/h4-6,11H,3,7H2,1-2H3,(H,15,16)(H,17,18). The van der Waals surface area contributed by atoms with Gasteiger partial charge < -0.3 is 10.4 Å². The van der Waals surface area contributed by atoms with Crippen LogP contribution < -0.4 is 5.32 Å². The number of nitrogens with one attached hydrogen (secondary N) is 1. The lowest BCUT2D eigenvalue weighted by molar-refractivity contribution is -0.147. The summed E-state index contributed by atoms with van der Waals surface area (Å²) >= 11 is 3.36. The number of amides is 1. The number of rotatable bonds is 5. The molecule has 0 spiro atoms. The van der Waals surface area contributed by atoms with Gasteiger partial charge in [0, 0.05) is 11.0 Å². The molecule has 0 fully saturated rings. The van der Waals surface area contributed by atoms with Gasteiger partial charge in [0.15, 0.2) is 0 Å². The molecule has 1 rings (SSSR count). The Balaban J connectivity index is 2.67. The van der Waals surface area contributed by atoms with Crippen molar-refractivity contribution in [2.45, 2.75) is 26.8 Å². The fourth-order valence-electron chi connectivity index (χ4n) is 1.61. The molecule has 0 saturated carbocycles. The first-order valence-corrected chi connectivity index (χ1v) is 6.50. The number of carboxylic acid groups (broad SMARTS) is 1. The van der Waals surface area contributed by atoms with E-state index in [4.69, 9.17) is 5.11 Å². The van der Waals surface area contributed by atoms with Crippen molar-refractivity contribution in [2.75, 3.05) is 0 Å². The Hall–Kier alpha value is -1.36. The largest absolute Gasteiger partial charge is 0.481 e. The van der Waals surface area contributed by atoms with E-state index in [0.29, 0.717) is 13.0 Å². The van der Waals surface area contributed by atoms with Crippen molar-refractivity contribution in [3.05, 3.63) is 33.8 Å². The Kier molecular flexibility index (Phi) is 5.34. The molecule has 1 aromatic rings. The number of carbonyl (C=O) groups is 2. The van der Waals surface area contributed by atoms with Gasteiger partial charge in [0.1, 0.15) is 5.92 Å². The van der Waals surface area contributed by atoms with Crippen LogP contribution >= 0.6 is 15.9 Å². The Morgan fingerprint density at radius 1 is 1.44 bits per heavy atom. The molecule has 18 heavy (non-hydrogen) atoms. The van der Waals surface area contributed by atoms with E-state index >= 15 is 0 Å². The summed E-state index contributed by atoms with van der Waals surface area (Å²) in [6.45, 7) is 3.97. The van der Waals surface area contributed by atoms with Crippen LogP contribution in [0.1, 0.15) is 24.5 Å². The van der Waals surface area contributed by atoms with Gasteiger partial charge in [0.25, 0.3) is 0 Å². The maximum Gasteiger partial charge on any atom is 0.316 e. The van der Waals surface area contributed by atoms with Crippen molar-refractivity contribution >= 4 is 27.8 Å². The minimum atomic E-state index is -1.08. The van der Waals surface area contributed by atoms with Crippen LogP contribution in [0, 0.1) is 12.8 Å². The number of carbonyl (C=O) groups excluding carboxylic acids is 1. The molecule has 0 aliphatic heterocycles. The number of benzene rings is 1. The number of hydrogen-bond acceptors (Lipinski definition) is 2. The predicted molar refractivity (Wildman–Crippen MR) is 72.1 cm³/mol. The smallest absolute Gasteiger partial charge is 0.316 e. The normalized spacial score (nSPS) is 11.9. The van der Waals surface area contributed by atoms with E-state index in [1.54, 1.807) is 6.92 Å². The number of carboxylic acids is 1. The Morgan fingerprint density at radius 2 is 2.11 bits per heavy atom. The lowest BCUT2D eigenvalue weighted by Gasteiger charge is -2.12. The molecule has 0 heterocycles. The van der Waals surface area contributed by atoms with Crippen LogP contribution in [0.4, 0.5) is 0 Å². The number of halogens is 1.